The second-order valence-electron chi connectivity index (χ2n) is 12.1. The number of carbonyl (C=O) groups excluding carboxylic acids is 2. The van der Waals surface area contributed by atoms with Gasteiger partial charge in [0.1, 0.15) is 5.82 Å². The third kappa shape index (κ3) is 5.58. The molecule has 0 spiro atoms. The third-order valence-corrected chi connectivity index (χ3v) is 8.05. The lowest BCUT2D eigenvalue weighted by atomic mass is 9.80. The van der Waals surface area contributed by atoms with E-state index in [1.807, 2.05) is 44.4 Å². The number of rotatable bonds is 8. The monoisotopic (exact) mass is 534 g/mol. The molecule has 8 heteroatoms. The van der Waals surface area contributed by atoms with E-state index in [4.69, 9.17) is 10.5 Å². The van der Waals surface area contributed by atoms with Crippen molar-refractivity contribution in [3.63, 3.8) is 0 Å². The molecule has 39 heavy (non-hydrogen) atoms. The molecule has 3 N–H and O–H groups in total. The molecule has 3 aromatic rings. The Bertz CT molecular complexity index is 1400. The Morgan fingerprint density at radius 3 is 2.56 bits per heavy atom. The van der Waals surface area contributed by atoms with Gasteiger partial charge < -0.3 is 20.7 Å². The molecule has 1 aromatic heterocycles. The van der Waals surface area contributed by atoms with Gasteiger partial charge in [0.05, 0.1) is 29.5 Å². The predicted molar refractivity (Wildman–Crippen MR) is 153 cm³/mol. The lowest BCUT2D eigenvalue weighted by Gasteiger charge is -2.31. The summed E-state index contributed by atoms with van der Waals surface area (Å²) < 4.78 is 23.4. The molecule has 0 radical (unpaired) electrons. The van der Waals surface area contributed by atoms with Gasteiger partial charge in [-0.25, -0.2) is 4.39 Å². The van der Waals surface area contributed by atoms with Crippen LogP contribution in [0.5, 0.6) is 0 Å². The first kappa shape index (κ1) is 27.3. The minimum Gasteiger partial charge on any atom is -0.382 e. The SMILES string of the molecule is CN(C)CCOC1CCC(Nc2cc(-c3c4n(c5ccccc35)C(=O)CC(C)(C)C4)cc(F)c2C(N)=O)CC1. The minimum atomic E-state index is -0.803. The van der Waals surface area contributed by atoms with E-state index >= 15 is 4.39 Å². The summed E-state index contributed by atoms with van der Waals surface area (Å²) in [6.45, 7) is 5.75. The zero-order valence-electron chi connectivity index (χ0n) is 23.4. The number of para-hydroxylation sites is 1. The Balaban J connectivity index is 1.49. The van der Waals surface area contributed by atoms with Gasteiger partial charge in [-0.2, -0.15) is 0 Å². The van der Waals surface area contributed by atoms with Crippen molar-refractivity contribution in [1.29, 1.82) is 0 Å². The molecular weight excluding hydrogens is 495 g/mol. The van der Waals surface area contributed by atoms with Crippen LogP contribution >= 0.6 is 0 Å². The van der Waals surface area contributed by atoms with E-state index in [0.717, 1.165) is 54.4 Å². The molecule has 0 saturated heterocycles. The lowest BCUT2D eigenvalue weighted by Crippen LogP contribution is -2.32. The number of likely N-dealkylation sites (N-methyl/N-ethyl adjacent to an activating group) is 1. The summed E-state index contributed by atoms with van der Waals surface area (Å²) in [6.07, 6.45) is 4.83. The Kier molecular flexibility index (Phi) is 7.53. The number of primary amides is 1. The summed E-state index contributed by atoms with van der Waals surface area (Å²) in [5, 5.41) is 4.34. The van der Waals surface area contributed by atoms with E-state index in [2.05, 4.69) is 24.1 Å². The van der Waals surface area contributed by atoms with Crippen LogP contribution in [0.3, 0.4) is 0 Å². The van der Waals surface area contributed by atoms with Crippen LogP contribution in [-0.4, -0.2) is 60.7 Å². The van der Waals surface area contributed by atoms with Gasteiger partial charge in [-0.05, 0) is 75.4 Å². The molecule has 0 atom stereocenters. The number of nitrogens with one attached hydrogen (secondary N) is 1. The van der Waals surface area contributed by atoms with Gasteiger partial charge in [0.2, 0.25) is 5.91 Å². The number of aromatic nitrogens is 1. The van der Waals surface area contributed by atoms with Crippen molar-refractivity contribution in [3.8, 4) is 11.1 Å². The van der Waals surface area contributed by atoms with E-state index in [-0.39, 0.29) is 29.0 Å². The van der Waals surface area contributed by atoms with Crippen LogP contribution < -0.4 is 11.1 Å². The average molecular weight is 535 g/mol. The largest absolute Gasteiger partial charge is 0.382 e. The number of hydrogen-bond acceptors (Lipinski definition) is 5. The number of hydrogen-bond donors (Lipinski definition) is 2. The first-order valence-corrected chi connectivity index (χ1v) is 13.9. The highest BCUT2D eigenvalue weighted by Crippen LogP contribution is 2.44. The van der Waals surface area contributed by atoms with Crippen molar-refractivity contribution in [1.82, 2.24) is 9.47 Å². The quantitative estimate of drug-likeness (QED) is 0.401. The number of nitrogens with zero attached hydrogens (tertiary/aromatic N) is 2. The number of nitrogens with two attached hydrogens (primary N) is 1. The van der Waals surface area contributed by atoms with Crippen molar-refractivity contribution < 1.29 is 18.7 Å². The fraction of sp³-hybridized carbons (Fsp3) is 0.484. The van der Waals surface area contributed by atoms with Gasteiger partial charge in [0.25, 0.3) is 5.91 Å². The van der Waals surface area contributed by atoms with Gasteiger partial charge in [-0.1, -0.05) is 32.0 Å². The molecule has 1 amide bonds. The summed E-state index contributed by atoms with van der Waals surface area (Å²) in [6, 6.07) is 11.0. The molecular formula is C31H39FN4O3. The third-order valence-electron chi connectivity index (χ3n) is 8.05. The molecule has 208 valence electrons. The molecule has 5 rings (SSSR count). The first-order valence-electron chi connectivity index (χ1n) is 13.9. The highest BCUT2D eigenvalue weighted by molar-refractivity contribution is 6.06. The van der Waals surface area contributed by atoms with Gasteiger partial charge >= 0.3 is 0 Å². The van der Waals surface area contributed by atoms with Gasteiger partial charge in [-0.3, -0.25) is 14.2 Å². The van der Waals surface area contributed by atoms with Gasteiger partial charge in [0, 0.05) is 35.7 Å². The predicted octanol–water partition coefficient (Wildman–Crippen LogP) is 5.46. The Hall–Kier alpha value is -3.23. The Labute approximate surface area is 229 Å². The summed E-state index contributed by atoms with van der Waals surface area (Å²) in [4.78, 5) is 27.7. The van der Waals surface area contributed by atoms with Gasteiger partial charge in [-0.15, -0.1) is 0 Å². The normalized spacial score (nSPS) is 20.8. The second-order valence-corrected chi connectivity index (χ2v) is 12.1. The van der Waals surface area contributed by atoms with Crippen LogP contribution in [-0.2, 0) is 11.2 Å². The van der Waals surface area contributed by atoms with Gasteiger partial charge in [0.15, 0.2) is 0 Å². The van der Waals surface area contributed by atoms with Crippen LogP contribution in [0.2, 0.25) is 0 Å². The van der Waals surface area contributed by atoms with E-state index in [1.165, 1.54) is 6.07 Å². The van der Waals surface area contributed by atoms with Crippen molar-refractivity contribution in [3.05, 3.63) is 53.5 Å². The topological polar surface area (TPSA) is 89.6 Å². The van der Waals surface area contributed by atoms with Crippen molar-refractivity contribution in [2.75, 3.05) is 32.6 Å². The van der Waals surface area contributed by atoms with Crippen LogP contribution in [0.1, 0.15) is 66.8 Å². The van der Waals surface area contributed by atoms with Crippen molar-refractivity contribution >= 4 is 28.4 Å². The zero-order chi connectivity index (χ0) is 27.9. The zero-order valence-corrected chi connectivity index (χ0v) is 23.4. The number of benzene rings is 2. The number of fused-ring (bicyclic) bond motifs is 3. The van der Waals surface area contributed by atoms with E-state index in [1.54, 1.807) is 4.57 Å². The molecule has 1 saturated carbocycles. The first-order chi connectivity index (χ1) is 18.5. The highest BCUT2D eigenvalue weighted by Gasteiger charge is 2.35. The molecule has 2 heterocycles. The summed E-state index contributed by atoms with van der Waals surface area (Å²) in [5.74, 6) is -1.42. The van der Waals surface area contributed by atoms with Crippen LogP contribution in [0.4, 0.5) is 10.1 Å². The average Bonchev–Trinajstić information content (AvgIpc) is 3.17. The van der Waals surface area contributed by atoms with E-state index in [9.17, 15) is 9.59 Å². The Morgan fingerprint density at radius 1 is 1.15 bits per heavy atom. The molecule has 7 nitrogen and oxygen atoms in total. The number of ether oxygens (including phenoxy) is 1. The summed E-state index contributed by atoms with van der Waals surface area (Å²) >= 11 is 0. The van der Waals surface area contributed by atoms with Crippen LogP contribution in [0.15, 0.2) is 36.4 Å². The van der Waals surface area contributed by atoms with Crippen LogP contribution in [0.25, 0.3) is 22.0 Å². The van der Waals surface area contributed by atoms with Crippen LogP contribution in [0, 0.1) is 11.2 Å². The fourth-order valence-corrected chi connectivity index (χ4v) is 6.18. The number of carbonyl (C=O) groups is 2. The summed E-state index contributed by atoms with van der Waals surface area (Å²) in [5.41, 5.74) is 8.89. The molecule has 1 aliphatic carbocycles. The smallest absolute Gasteiger partial charge is 0.253 e. The second kappa shape index (κ2) is 10.7. The Morgan fingerprint density at radius 2 is 1.87 bits per heavy atom. The maximum Gasteiger partial charge on any atom is 0.253 e. The fourth-order valence-electron chi connectivity index (χ4n) is 6.18. The minimum absolute atomic E-state index is 0.0424. The molecule has 1 aliphatic heterocycles. The van der Waals surface area contributed by atoms with E-state index in [0.29, 0.717) is 30.7 Å². The number of amides is 1. The molecule has 2 aromatic carbocycles. The van der Waals surface area contributed by atoms with E-state index < -0.39 is 11.7 Å². The number of halogens is 1. The molecule has 0 unspecified atom stereocenters. The van der Waals surface area contributed by atoms with Crippen molar-refractivity contribution in [2.24, 2.45) is 11.1 Å². The number of anilines is 1. The molecule has 0 bridgehead atoms. The summed E-state index contributed by atoms with van der Waals surface area (Å²) in [7, 11) is 4.05. The lowest BCUT2D eigenvalue weighted by molar-refractivity contribution is 0.0196. The van der Waals surface area contributed by atoms with Crippen molar-refractivity contribution in [2.45, 2.75) is 64.5 Å². The standard InChI is InChI=1S/C31H39FN4O3/c1-31(2)17-26-28(22-7-5-6-8-25(22)36(26)27(37)18-31)19-15-23(32)29(30(33)38)24(16-19)34-20-9-11-21(12-10-20)39-14-13-35(3)4/h5-8,15-16,20-21,34H,9-14,17-18H2,1-4H3,(H2,33,38). The maximum absolute atomic E-state index is 15.6. The highest BCUT2D eigenvalue weighted by atomic mass is 19.1. The molecule has 2 aliphatic rings. The maximum atomic E-state index is 15.6. The molecule has 1 fully saturated rings.